The van der Waals surface area contributed by atoms with Crippen LogP contribution in [0.4, 0.5) is 9.18 Å². The Balaban J connectivity index is 1.18. The van der Waals surface area contributed by atoms with Crippen molar-refractivity contribution in [1.29, 1.82) is 0 Å². The maximum atomic E-state index is 13.6. The number of ether oxygens (including phenoxy) is 1. The number of carbonyl (C=O) groups is 1. The quantitative estimate of drug-likeness (QED) is 0.501. The zero-order chi connectivity index (χ0) is 26.2. The average molecular weight is 523 g/mol. The van der Waals surface area contributed by atoms with Crippen molar-refractivity contribution in [3.63, 3.8) is 0 Å². The summed E-state index contributed by atoms with van der Waals surface area (Å²) in [5, 5.41) is 4.29. The molecule has 38 heavy (non-hydrogen) atoms. The number of amides is 1. The minimum Gasteiger partial charge on any atom is -0.446 e. The van der Waals surface area contributed by atoms with Gasteiger partial charge in [-0.3, -0.25) is 9.78 Å². The van der Waals surface area contributed by atoms with Crippen LogP contribution in [0.15, 0.2) is 49.5 Å². The van der Waals surface area contributed by atoms with E-state index in [1.165, 1.54) is 18.2 Å². The molecule has 0 radical (unpaired) electrons. The molecular weight excluding hydrogens is 495 g/mol. The van der Waals surface area contributed by atoms with E-state index in [1.54, 1.807) is 12.1 Å². The molecule has 2 aliphatic heterocycles. The summed E-state index contributed by atoms with van der Waals surface area (Å²) in [6.45, 7) is 0. The molecule has 1 aliphatic carbocycles. The maximum Gasteiger partial charge on any atom is 0.410 e. The highest BCUT2D eigenvalue weighted by Gasteiger charge is 2.43. The van der Waals surface area contributed by atoms with Crippen molar-refractivity contribution in [3.8, 4) is 6.01 Å². The van der Waals surface area contributed by atoms with Crippen molar-refractivity contribution in [3.05, 3.63) is 68.0 Å². The molecule has 2 aromatic heterocycles. The number of benzene rings is 1. The Kier molecular flexibility index (Phi) is 6.42. The molecule has 6 rings (SSSR count). The van der Waals surface area contributed by atoms with E-state index < -0.39 is 17.0 Å². The third kappa shape index (κ3) is 4.92. The van der Waals surface area contributed by atoms with Crippen LogP contribution in [0, 0.1) is 5.82 Å². The molecule has 1 saturated carbocycles. The number of nitrogens with zero attached hydrogens (tertiary/aromatic N) is 3. The van der Waals surface area contributed by atoms with Crippen LogP contribution in [0.3, 0.4) is 0 Å². The summed E-state index contributed by atoms with van der Waals surface area (Å²) in [6, 6.07) is 6.89. The largest absolute Gasteiger partial charge is 0.446 e. The summed E-state index contributed by atoms with van der Waals surface area (Å²) in [5.41, 5.74) is 0.273. The van der Waals surface area contributed by atoms with Crippen molar-refractivity contribution < 1.29 is 23.2 Å². The highest BCUT2D eigenvalue weighted by Crippen LogP contribution is 2.36. The molecule has 1 aromatic carbocycles. The number of halogens is 1. The fraction of sp³-hybridized carbons (Fsp3) is 0.444. The third-order valence-electron chi connectivity index (χ3n) is 7.56. The van der Waals surface area contributed by atoms with E-state index in [0.29, 0.717) is 24.0 Å². The van der Waals surface area contributed by atoms with Gasteiger partial charge in [-0.05, 0) is 68.2 Å². The molecule has 0 spiro atoms. The summed E-state index contributed by atoms with van der Waals surface area (Å²) in [5.74, 6) is -0.415. The van der Waals surface area contributed by atoms with Gasteiger partial charge in [0.25, 0.3) is 5.56 Å². The molecule has 1 N–H and O–H groups in total. The van der Waals surface area contributed by atoms with Crippen LogP contribution in [0.1, 0.15) is 62.5 Å². The van der Waals surface area contributed by atoms with Gasteiger partial charge in [0.15, 0.2) is 0 Å². The summed E-state index contributed by atoms with van der Waals surface area (Å²) in [7, 11) is 0. The van der Waals surface area contributed by atoms with Crippen molar-refractivity contribution >= 4 is 22.9 Å². The summed E-state index contributed by atoms with van der Waals surface area (Å²) < 4.78 is 24.5. The zero-order valence-corrected chi connectivity index (χ0v) is 20.7. The van der Waals surface area contributed by atoms with Gasteiger partial charge >= 0.3 is 17.7 Å². The molecule has 3 aliphatic rings. The standard InChI is InChI=1S/C27H27FN4O6/c28-17-5-3-4-15(11-17)10-16-12-22(33)37-25-23(16)24(34)29-26(30-25)38-31-18-13-19-8-9-20(14-18)32(19)27(35)36-21-6-1-2-7-21/h3-5,11-12,19-21H,1-2,6-10,13-14H2,(H,29,30,34). The number of rotatable bonds is 5. The van der Waals surface area contributed by atoms with E-state index >= 15 is 0 Å². The fourth-order valence-electron chi connectivity index (χ4n) is 5.86. The zero-order valence-electron chi connectivity index (χ0n) is 20.7. The second-order valence-corrected chi connectivity index (χ2v) is 10.2. The molecule has 2 unspecified atom stereocenters. The van der Waals surface area contributed by atoms with Gasteiger partial charge < -0.3 is 18.9 Å². The minimum atomic E-state index is -0.687. The number of aromatic amines is 1. The third-order valence-corrected chi connectivity index (χ3v) is 7.56. The molecule has 3 aromatic rings. The van der Waals surface area contributed by atoms with Crippen LogP contribution in [0.2, 0.25) is 0 Å². The molecule has 4 heterocycles. The lowest BCUT2D eigenvalue weighted by Crippen LogP contribution is -2.47. The number of H-pyrrole nitrogens is 1. The number of carbonyl (C=O) groups excluding carboxylic acids is 1. The lowest BCUT2D eigenvalue weighted by atomic mass is 10.0. The first-order valence-electron chi connectivity index (χ1n) is 13.0. The van der Waals surface area contributed by atoms with Crippen LogP contribution in [-0.4, -0.2) is 44.9 Å². The Morgan fingerprint density at radius 3 is 2.63 bits per heavy atom. The van der Waals surface area contributed by atoms with E-state index in [1.807, 2.05) is 4.90 Å². The van der Waals surface area contributed by atoms with Crippen LogP contribution >= 0.6 is 0 Å². The monoisotopic (exact) mass is 522 g/mol. The predicted octanol–water partition coefficient (Wildman–Crippen LogP) is 4.05. The van der Waals surface area contributed by atoms with Gasteiger partial charge in [0.05, 0.1) is 5.71 Å². The first-order valence-corrected chi connectivity index (χ1v) is 13.0. The second kappa shape index (κ2) is 10.0. The SMILES string of the molecule is O=C(OC1CCCC1)N1C2CCC1CC(=NOc1nc3oc(=O)cc(Cc4cccc(F)c4)c3c(=O)[nH]1)C2. The van der Waals surface area contributed by atoms with Crippen molar-refractivity contribution in [1.82, 2.24) is 14.9 Å². The molecule has 11 heteroatoms. The average Bonchev–Trinajstić information content (AvgIpc) is 3.47. The molecule has 198 valence electrons. The minimum absolute atomic E-state index is 0.00276. The number of aromatic nitrogens is 2. The number of piperidine rings is 1. The lowest BCUT2D eigenvalue weighted by molar-refractivity contribution is 0.0496. The first-order chi connectivity index (χ1) is 18.4. The summed E-state index contributed by atoms with van der Waals surface area (Å²) >= 11 is 0. The Labute approximate surface area is 216 Å². The van der Waals surface area contributed by atoms with Gasteiger partial charge in [-0.25, -0.2) is 14.0 Å². The lowest BCUT2D eigenvalue weighted by Gasteiger charge is -2.35. The molecule has 1 amide bonds. The van der Waals surface area contributed by atoms with Gasteiger partial charge in [0.2, 0.25) is 5.71 Å². The van der Waals surface area contributed by atoms with Crippen LogP contribution < -0.4 is 16.0 Å². The van der Waals surface area contributed by atoms with Gasteiger partial charge in [-0.15, -0.1) is 0 Å². The summed E-state index contributed by atoms with van der Waals surface area (Å²) in [6.07, 6.45) is 6.80. The normalized spacial score (nSPS) is 21.2. The van der Waals surface area contributed by atoms with E-state index in [0.717, 1.165) is 44.2 Å². The second-order valence-electron chi connectivity index (χ2n) is 10.2. The van der Waals surface area contributed by atoms with Gasteiger partial charge in [0, 0.05) is 31.0 Å². The fourth-order valence-corrected chi connectivity index (χ4v) is 5.86. The van der Waals surface area contributed by atoms with Crippen molar-refractivity contribution in [2.75, 3.05) is 0 Å². The van der Waals surface area contributed by atoms with Gasteiger partial charge in [0.1, 0.15) is 17.3 Å². The van der Waals surface area contributed by atoms with Crippen LogP contribution in [0.5, 0.6) is 6.01 Å². The number of hydrogen-bond donors (Lipinski definition) is 1. The molecule has 10 nitrogen and oxygen atoms in total. The maximum absolute atomic E-state index is 13.6. The topological polar surface area (TPSA) is 127 Å². The Hall–Kier alpha value is -4.02. The highest BCUT2D eigenvalue weighted by molar-refractivity contribution is 5.88. The van der Waals surface area contributed by atoms with Gasteiger partial charge in [-0.2, -0.15) is 4.98 Å². The number of oxime groups is 1. The number of nitrogens with one attached hydrogen (secondary N) is 1. The van der Waals surface area contributed by atoms with E-state index in [-0.39, 0.29) is 47.8 Å². The van der Waals surface area contributed by atoms with E-state index in [9.17, 15) is 18.8 Å². The first kappa shape index (κ1) is 24.3. The van der Waals surface area contributed by atoms with Crippen LogP contribution in [-0.2, 0) is 11.2 Å². The molecular formula is C27H27FN4O6. The highest BCUT2D eigenvalue weighted by atomic mass is 19.1. The molecule has 3 fully saturated rings. The smallest absolute Gasteiger partial charge is 0.410 e. The molecule has 2 bridgehead atoms. The molecule has 2 saturated heterocycles. The summed E-state index contributed by atoms with van der Waals surface area (Å²) in [4.78, 5) is 51.8. The van der Waals surface area contributed by atoms with Crippen molar-refractivity contribution in [2.24, 2.45) is 5.16 Å². The van der Waals surface area contributed by atoms with Gasteiger partial charge in [-0.1, -0.05) is 17.3 Å². The van der Waals surface area contributed by atoms with E-state index in [4.69, 9.17) is 14.0 Å². The number of hydrogen-bond acceptors (Lipinski definition) is 8. The van der Waals surface area contributed by atoms with Crippen LogP contribution in [0.25, 0.3) is 11.1 Å². The molecule has 2 atom stereocenters. The Morgan fingerprint density at radius 1 is 1.13 bits per heavy atom. The van der Waals surface area contributed by atoms with Crippen molar-refractivity contribution in [2.45, 2.75) is 76.0 Å². The predicted molar refractivity (Wildman–Crippen MR) is 135 cm³/mol. The Bertz CT molecular complexity index is 1510. The Morgan fingerprint density at radius 2 is 1.89 bits per heavy atom. The number of fused-ring (bicyclic) bond motifs is 3. The van der Waals surface area contributed by atoms with E-state index in [2.05, 4.69) is 15.1 Å².